The molecule has 6 rings (SSSR count). The molecule has 6 aromatic carbocycles. The summed E-state index contributed by atoms with van der Waals surface area (Å²) in [6.07, 6.45) is 0. The molecule has 0 aliphatic rings. The average molecular weight is 965 g/mol. The fourth-order valence-corrected chi connectivity index (χ4v) is 8.59. The molecule has 26 heteroatoms. The van der Waals surface area contributed by atoms with E-state index in [9.17, 15) is 81.9 Å². The van der Waals surface area contributed by atoms with Crippen molar-refractivity contribution in [3.63, 3.8) is 0 Å². The highest BCUT2D eigenvalue weighted by molar-refractivity contribution is 7.86. The number of aromatic hydroxyl groups is 4. The number of carbonyl (C=O) groups excluding carboxylic acids is 2. The van der Waals surface area contributed by atoms with Crippen molar-refractivity contribution >= 4 is 73.8 Å². The van der Waals surface area contributed by atoms with Gasteiger partial charge in [-0.25, -0.2) is 0 Å². The zero-order valence-electron chi connectivity index (χ0n) is 32.0. The van der Waals surface area contributed by atoms with E-state index in [-0.39, 0.29) is 70.5 Å². The van der Waals surface area contributed by atoms with Crippen LogP contribution in [0.1, 0.15) is 20.7 Å². The van der Waals surface area contributed by atoms with Gasteiger partial charge in [0, 0.05) is 11.1 Å². The summed E-state index contributed by atoms with van der Waals surface area (Å²) in [7, 11) is -19.4. The van der Waals surface area contributed by atoms with Crippen LogP contribution in [-0.4, -0.2) is 110 Å². The second-order valence-corrected chi connectivity index (χ2v) is 19.0. The fraction of sp³-hybridized carbons (Fsp3) is 0.105. The highest BCUT2D eigenvalue weighted by atomic mass is 32.2. The van der Waals surface area contributed by atoms with Crippen LogP contribution in [0.5, 0.6) is 34.5 Å². The molecule has 0 aliphatic carbocycles. The molecule has 64 heavy (non-hydrogen) atoms. The fourth-order valence-electron chi connectivity index (χ4n) is 6.40. The summed E-state index contributed by atoms with van der Waals surface area (Å²) in [5, 5.41) is 46.4. The minimum Gasteiger partial charge on any atom is -0.504 e. The van der Waals surface area contributed by atoms with Gasteiger partial charge in [-0.05, 0) is 82.2 Å². The van der Waals surface area contributed by atoms with Gasteiger partial charge in [0.05, 0.1) is 34.0 Å². The second-order valence-electron chi connectivity index (χ2n) is 13.4. The first kappa shape index (κ1) is 46.7. The normalized spacial score (nSPS) is 12.2. The van der Waals surface area contributed by atoms with Crippen LogP contribution < -0.4 is 20.1 Å². The van der Waals surface area contributed by atoms with E-state index in [2.05, 4.69) is 10.6 Å². The summed E-state index contributed by atoms with van der Waals surface area (Å²) in [5.41, 5.74) is -0.849. The van der Waals surface area contributed by atoms with Crippen molar-refractivity contribution in [2.24, 2.45) is 0 Å². The Bertz CT molecular complexity index is 3150. The Hall–Kier alpha value is -6.78. The molecule has 2 amide bonds. The molecular weight excluding hydrogens is 933 g/mol. The standard InChI is InChI=1S/C38H32N2O20S4/c41-33-25(7-11-29(35(33)43)63(53,54)55)37(45)39-13-15-59-27-9-1-19-17-21(61(47,48)49)3-5-23(19)31(27)32-24-6-4-22(62(50,51)52)18-20(24)2-10-28(32)60-16-14-40-38(46)26-8-12-30(64(56,57)58)36(44)34(26)42/h1-12,17-18,41-44H,13-16H2,(H,39,45)(H,40,46)(H,47,48,49)(H,50,51,52)(H,53,54,55)(H,56,57,58). The molecule has 0 heterocycles. The Labute approximate surface area is 361 Å². The molecular formula is C38H32N2O20S4. The number of ether oxygens (including phenoxy) is 2. The minimum atomic E-state index is -4.96. The maximum atomic E-state index is 12.9. The van der Waals surface area contributed by atoms with Crippen LogP contribution in [0.25, 0.3) is 32.7 Å². The van der Waals surface area contributed by atoms with Gasteiger partial charge in [-0.1, -0.05) is 24.3 Å². The van der Waals surface area contributed by atoms with Crippen LogP contribution in [0.15, 0.2) is 105 Å². The topological polar surface area (TPSA) is 375 Å². The Morgan fingerprint density at radius 1 is 0.453 bits per heavy atom. The third-order valence-corrected chi connectivity index (χ3v) is 12.8. The van der Waals surface area contributed by atoms with E-state index in [1.807, 2.05) is 0 Å². The van der Waals surface area contributed by atoms with Crippen LogP contribution in [0.4, 0.5) is 0 Å². The predicted octanol–water partition coefficient (Wildman–Crippen LogP) is 3.09. The van der Waals surface area contributed by atoms with Crippen LogP contribution in [0.3, 0.4) is 0 Å². The van der Waals surface area contributed by atoms with Gasteiger partial charge >= 0.3 is 0 Å². The number of amides is 2. The van der Waals surface area contributed by atoms with Crippen molar-refractivity contribution in [1.82, 2.24) is 10.6 Å². The zero-order chi connectivity index (χ0) is 47.1. The third kappa shape index (κ3) is 9.72. The summed E-state index contributed by atoms with van der Waals surface area (Å²) in [5.74, 6) is -6.85. The monoisotopic (exact) mass is 964 g/mol. The third-order valence-electron chi connectivity index (χ3n) is 9.32. The molecule has 0 spiro atoms. The summed E-state index contributed by atoms with van der Waals surface area (Å²) >= 11 is 0. The Kier molecular flexibility index (Phi) is 12.7. The van der Waals surface area contributed by atoms with Gasteiger partial charge in [0.2, 0.25) is 0 Å². The lowest BCUT2D eigenvalue weighted by molar-refractivity contribution is 0.0935. The maximum Gasteiger partial charge on any atom is 0.298 e. The summed E-state index contributed by atoms with van der Waals surface area (Å²) < 4.78 is 145. The van der Waals surface area contributed by atoms with E-state index in [0.29, 0.717) is 12.1 Å². The molecule has 0 fully saturated rings. The Morgan fingerprint density at radius 2 is 0.812 bits per heavy atom. The van der Waals surface area contributed by atoms with Gasteiger partial charge in [-0.3, -0.25) is 27.8 Å². The van der Waals surface area contributed by atoms with Crippen LogP contribution in [0.2, 0.25) is 0 Å². The number of phenolic OH excluding ortho intramolecular Hbond substituents is 4. The average Bonchev–Trinajstić information content (AvgIpc) is 3.20. The van der Waals surface area contributed by atoms with Crippen molar-refractivity contribution in [1.29, 1.82) is 0 Å². The SMILES string of the molecule is O=C(NCCOc1ccc2cc(S(=O)(=O)O)ccc2c1-c1c(OCCNC(=O)c2ccc(S(=O)(=O)O)c(O)c2O)ccc2cc(S(=O)(=O)O)ccc12)c1ccc(S(=O)(=O)O)c(O)c1O. The van der Waals surface area contributed by atoms with Crippen molar-refractivity contribution in [3.05, 3.63) is 96.1 Å². The van der Waals surface area contributed by atoms with Crippen LogP contribution in [-0.2, 0) is 40.5 Å². The molecule has 10 N–H and O–H groups in total. The Morgan fingerprint density at radius 3 is 1.14 bits per heavy atom. The number of hydrogen-bond acceptors (Lipinski definition) is 16. The van der Waals surface area contributed by atoms with Crippen LogP contribution in [0, 0.1) is 0 Å². The molecule has 0 bridgehead atoms. The summed E-state index contributed by atoms with van der Waals surface area (Å²) in [6, 6.07) is 15.7. The number of carbonyl (C=O) groups is 2. The van der Waals surface area contributed by atoms with E-state index in [1.165, 1.54) is 36.4 Å². The number of rotatable bonds is 15. The first-order valence-electron chi connectivity index (χ1n) is 17.7. The number of nitrogens with one attached hydrogen (secondary N) is 2. The minimum absolute atomic E-state index is 0.0208. The highest BCUT2D eigenvalue weighted by Crippen LogP contribution is 2.46. The molecule has 0 saturated heterocycles. The van der Waals surface area contributed by atoms with Crippen molar-refractivity contribution in [2.45, 2.75) is 19.6 Å². The molecule has 6 aromatic rings. The van der Waals surface area contributed by atoms with E-state index in [0.717, 1.165) is 36.4 Å². The predicted molar refractivity (Wildman–Crippen MR) is 221 cm³/mol. The number of benzene rings is 6. The summed E-state index contributed by atoms with van der Waals surface area (Å²) in [6.45, 7) is -1.34. The number of hydrogen-bond donors (Lipinski definition) is 10. The lowest BCUT2D eigenvalue weighted by Crippen LogP contribution is -2.28. The lowest BCUT2D eigenvalue weighted by Gasteiger charge is -2.20. The van der Waals surface area contributed by atoms with Gasteiger partial charge in [-0.15, -0.1) is 0 Å². The maximum absolute atomic E-state index is 12.9. The quantitative estimate of drug-likeness (QED) is 0.0401. The van der Waals surface area contributed by atoms with Gasteiger partial charge in [0.25, 0.3) is 52.3 Å². The molecule has 0 saturated carbocycles. The van der Waals surface area contributed by atoms with Gasteiger partial charge in [0.1, 0.15) is 34.5 Å². The molecule has 22 nitrogen and oxygen atoms in total. The zero-order valence-corrected chi connectivity index (χ0v) is 35.3. The molecule has 0 atom stereocenters. The first-order chi connectivity index (χ1) is 29.8. The highest BCUT2D eigenvalue weighted by Gasteiger charge is 2.26. The smallest absolute Gasteiger partial charge is 0.298 e. The van der Waals surface area contributed by atoms with Gasteiger partial charge in [-0.2, -0.15) is 33.7 Å². The lowest BCUT2D eigenvalue weighted by atomic mass is 9.92. The van der Waals surface area contributed by atoms with Crippen molar-refractivity contribution in [2.75, 3.05) is 26.3 Å². The molecule has 0 aliphatic heterocycles. The molecule has 0 unspecified atom stereocenters. The molecule has 338 valence electrons. The van der Waals surface area contributed by atoms with E-state index in [4.69, 9.17) is 9.47 Å². The van der Waals surface area contributed by atoms with Crippen molar-refractivity contribution in [3.8, 4) is 45.6 Å². The Balaban J connectivity index is 1.37. The number of fused-ring (bicyclic) bond motifs is 2. The van der Waals surface area contributed by atoms with E-state index >= 15 is 0 Å². The van der Waals surface area contributed by atoms with Gasteiger partial charge < -0.3 is 40.5 Å². The largest absolute Gasteiger partial charge is 0.504 e. The van der Waals surface area contributed by atoms with Crippen LogP contribution >= 0.6 is 0 Å². The van der Waals surface area contributed by atoms with E-state index in [1.54, 1.807) is 0 Å². The van der Waals surface area contributed by atoms with Gasteiger partial charge in [0.15, 0.2) is 23.0 Å². The summed E-state index contributed by atoms with van der Waals surface area (Å²) in [4.78, 5) is 22.7. The van der Waals surface area contributed by atoms with Crippen molar-refractivity contribution < 1.29 is 91.4 Å². The number of phenols is 4. The first-order valence-corrected chi connectivity index (χ1v) is 23.5. The molecule has 0 aromatic heterocycles. The second kappa shape index (κ2) is 17.4. The van der Waals surface area contributed by atoms with E-state index < -0.39 is 106 Å². The molecule has 0 radical (unpaired) electrons.